The van der Waals surface area contributed by atoms with Crippen LogP contribution < -0.4 is 0 Å². The fourth-order valence-electron chi connectivity index (χ4n) is 3.01. The number of rotatable bonds is 5. The number of aromatic nitrogens is 2. The van der Waals surface area contributed by atoms with Crippen molar-refractivity contribution in [1.29, 1.82) is 0 Å². The first kappa shape index (κ1) is 19.7. The van der Waals surface area contributed by atoms with E-state index in [0.717, 1.165) is 11.4 Å². The van der Waals surface area contributed by atoms with E-state index in [2.05, 4.69) is 5.10 Å². The zero-order valence-electron chi connectivity index (χ0n) is 15.0. The lowest BCUT2D eigenvalue weighted by Gasteiger charge is -2.11. The normalized spacial score (nSPS) is 11.1. The number of benzene rings is 2. The molecule has 0 spiro atoms. The molecule has 0 amide bonds. The highest BCUT2D eigenvalue weighted by atomic mass is 19.2. The fraction of sp³-hybridized carbons (Fsp3) is 0.200. The summed E-state index contributed by atoms with van der Waals surface area (Å²) in [5.41, 5.74) is 1.21. The SMILES string of the molecule is Cc1cc(C)n(-c2ccccc2C(=O)CCc2c(F)c(F)c(F)c(F)c2F)n1. The summed E-state index contributed by atoms with van der Waals surface area (Å²) in [6.45, 7) is 3.59. The number of carbonyl (C=O) groups excluding carboxylic acids is 1. The van der Waals surface area contributed by atoms with Crippen LogP contribution in [0, 0.1) is 42.9 Å². The van der Waals surface area contributed by atoms with E-state index in [4.69, 9.17) is 0 Å². The Morgan fingerprint density at radius 2 is 1.50 bits per heavy atom. The first-order valence-electron chi connectivity index (χ1n) is 8.38. The summed E-state index contributed by atoms with van der Waals surface area (Å²) in [6.07, 6.45) is -1.06. The smallest absolute Gasteiger partial charge is 0.200 e. The summed E-state index contributed by atoms with van der Waals surface area (Å²) >= 11 is 0. The molecule has 1 aromatic heterocycles. The van der Waals surface area contributed by atoms with E-state index in [1.165, 1.54) is 6.07 Å². The molecule has 0 radical (unpaired) electrons. The standard InChI is InChI=1S/C20H15F5N2O/c1-10-9-11(2)27(26-10)14-6-4-3-5-12(14)15(28)8-7-13-16(21)18(23)20(25)19(24)17(13)22/h3-6,9H,7-8H2,1-2H3. The molecule has 0 aliphatic rings. The van der Waals surface area contributed by atoms with Crippen LogP contribution in [0.4, 0.5) is 22.0 Å². The number of hydrogen-bond acceptors (Lipinski definition) is 2. The van der Waals surface area contributed by atoms with Crippen LogP contribution >= 0.6 is 0 Å². The Bertz CT molecular complexity index is 1050. The second-order valence-electron chi connectivity index (χ2n) is 6.33. The van der Waals surface area contributed by atoms with E-state index < -0.39 is 53.3 Å². The van der Waals surface area contributed by atoms with Gasteiger partial charge in [0.15, 0.2) is 29.1 Å². The molecule has 2 aromatic carbocycles. The Balaban J connectivity index is 1.91. The van der Waals surface area contributed by atoms with Crippen molar-refractivity contribution in [2.45, 2.75) is 26.7 Å². The van der Waals surface area contributed by atoms with Crippen molar-refractivity contribution in [1.82, 2.24) is 9.78 Å². The number of Topliss-reactive ketones (excluding diaryl/α,β-unsaturated/α-hetero) is 1. The molecular formula is C20H15F5N2O. The highest BCUT2D eigenvalue weighted by Crippen LogP contribution is 2.25. The van der Waals surface area contributed by atoms with Gasteiger partial charge in [-0.25, -0.2) is 26.6 Å². The van der Waals surface area contributed by atoms with Crippen LogP contribution in [0.25, 0.3) is 5.69 Å². The molecule has 146 valence electrons. The Hall–Kier alpha value is -3.03. The highest BCUT2D eigenvalue weighted by molar-refractivity contribution is 5.99. The van der Waals surface area contributed by atoms with Crippen LogP contribution in [0.1, 0.15) is 33.7 Å². The van der Waals surface area contributed by atoms with Crippen molar-refractivity contribution < 1.29 is 26.7 Å². The van der Waals surface area contributed by atoms with Gasteiger partial charge < -0.3 is 0 Å². The molecule has 8 heteroatoms. The highest BCUT2D eigenvalue weighted by Gasteiger charge is 2.26. The molecule has 0 saturated carbocycles. The minimum absolute atomic E-state index is 0.234. The van der Waals surface area contributed by atoms with Crippen LogP contribution in [0.15, 0.2) is 30.3 Å². The lowest BCUT2D eigenvalue weighted by molar-refractivity contribution is 0.0982. The molecule has 3 rings (SSSR count). The van der Waals surface area contributed by atoms with Crippen molar-refractivity contribution in [3.63, 3.8) is 0 Å². The summed E-state index contributed by atoms with van der Waals surface area (Å²) in [5, 5.41) is 4.31. The third-order valence-electron chi connectivity index (χ3n) is 4.35. The van der Waals surface area contributed by atoms with Gasteiger partial charge in [0.05, 0.1) is 11.4 Å². The second-order valence-corrected chi connectivity index (χ2v) is 6.33. The fourth-order valence-corrected chi connectivity index (χ4v) is 3.01. The molecule has 1 heterocycles. The Morgan fingerprint density at radius 1 is 0.929 bits per heavy atom. The molecular weight excluding hydrogens is 379 g/mol. The zero-order chi connectivity index (χ0) is 20.6. The minimum Gasteiger partial charge on any atom is -0.294 e. The van der Waals surface area contributed by atoms with Gasteiger partial charge in [0.1, 0.15) is 0 Å². The summed E-state index contributed by atoms with van der Waals surface area (Å²) < 4.78 is 69.0. The maximum atomic E-state index is 13.8. The van der Waals surface area contributed by atoms with Crippen molar-refractivity contribution in [2.24, 2.45) is 0 Å². The number of ketones is 1. The van der Waals surface area contributed by atoms with Gasteiger partial charge >= 0.3 is 0 Å². The molecule has 28 heavy (non-hydrogen) atoms. The van der Waals surface area contributed by atoms with E-state index in [0.29, 0.717) is 5.69 Å². The molecule has 0 aliphatic heterocycles. The van der Waals surface area contributed by atoms with Gasteiger partial charge in [0, 0.05) is 23.2 Å². The molecule has 0 fully saturated rings. The average molecular weight is 394 g/mol. The third kappa shape index (κ3) is 3.42. The number of halogens is 5. The van der Waals surface area contributed by atoms with E-state index in [9.17, 15) is 26.7 Å². The van der Waals surface area contributed by atoms with Crippen LogP contribution in [0.2, 0.25) is 0 Å². The lowest BCUT2D eigenvalue weighted by Crippen LogP contribution is -2.12. The Labute approximate surface area is 157 Å². The second kappa shape index (κ2) is 7.53. The van der Waals surface area contributed by atoms with E-state index in [1.807, 2.05) is 6.07 Å². The molecule has 0 bridgehead atoms. The quantitative estimate of drug-likeness (QED) is 0.264. The zero-order valence-corrected chi connectivity index (χ0v) is 15.0. The summed E-state index contributed by atoms with van der Waals surface area (Å²) in [4.78, 5) is 12.6. The van der Waals surface area contributed by atoms with Gasteiger partial charge in [-0.05, 0) is 38.5 Å². The van der Waals surface area contributed by atoms with Gasteiger partial charge in [-0.3, -0.25) is 4.79 Å². The van der Waals surface area contributed by atoms with Crippen molar-refractivity contribution in [3.05, 3.63) is 81.9 Å². The summed E-state index contributed by atoms with van der Waals surface area (Å²) in [7, 11) is 0. The van der Waals surface area contributed by atoms with Crippen LogP contribution in [0.5, 0.6) is 0 Å². The first-order valence-corrected chi connectivity index (χ1v) is 8.38. The van der Waals surface area contributed by atoms with Crippen molar-refractivity contribution >= 4 is 5.78 Å². The van der Waals surface area contributed by atoms with Crippen LogP contribution in [-0.2, 0) is 6.42 Å². The van der Waals surface area contributed by atoms with Gasteiger partial charge in [0.2, 0.25) is 5.82 Å². The predicted molar refractivity (Wildman–Crippen MR) is 91.9 cm³/mol. The van der Waals surface area contributed by atoms with Gasteiger partial charge in [-0.2, -0.15) is 5.10 Å². The maximum Gasteiger partial charge on any atom is 0.200 e. The Kier molecular flexibility index (Phi) is 5.31. The third-order valence-corrected chi connectivity index (χ3v) is 4.35. The molecule has 0 aliphatic carbocycles. The number of aryl methyl sites for hydroxylation is 2. The molecule has 0 saturated heterocycles. The number of carbonyl (C=O) groups is 1. The molecule has 0 N–H and O–H groups in total. The van der Waals surface area contributed by atoms with Gasteiger partial charge in [-0.15, -0.1) is 0 Å². The molecule has 0 atom stereocenters. The summed E-state index contributed by atoms with van der Waals surface area (Å²) in [5.74, 6) is -10.6. The molecule has 3 aromatic rings. The van der Waals surface area contributed by atoms with E-state index in [1.54, 1.807) is 36.7 Å². The number of nitrogens with zero attached hydrogens (tertiary/aromatic N) is 2. The predicted octanol–water partition coefficient (Wildman–Crippen LogP) is 5.00. The van der Waals surface area contributed by atoms with Crippen LogP contribution in [-0.4, -0.2) is 15.6 Å². The molecule has 3 nitrogen and oxygen atoms in total. The van der Waals surface area contributed by atoms with E-state index in [-0.39, 0.29) is 5.56 Å². The minimum atomic E-state index is -2.22. The van der Waals surface area contributed by atoms with Crippen molar-refractivity contribution in [3.8, 4) is 5.69 Å². The summed E-state index contributed by atoms with van der Waals surface area (Å²) in [6, 6.07) is 8.31. The van der Waals surface area contributed by atoms with Gasteiger partial charge in [-0.1, -0.05) is 12.1 Å². The van der Waals surface area contributed by atoms with Gasteiger partial charge in [0.25, 0.3) is 0 Å². The first-order chi connectivity index (χ1) is 13.2. The Morgan fingerprint density at radius 3 is 2.07 bits per heavy atom. The maximum absolute atomic E-state index is 13.8. The van der Waals surface area contributed by atoms with Crippen molar-refractivity contribution in [2.75, 3.05) is 0 Å². The number of hydrogen-bond donors (Lipinski definition) is 0. The lowest BCUT2D eigenvalue weighted by atomic mass is 10.00. The number of para-hydroxylation sites is 1. The average Bonchev–Trinajstić information content (AvgIpc) is 3.02. The van der Waals surface area contributed by atoms with E-state index >= 15 is 0 Å². The molecule has 0 unspecified atom stereocenters. The monoisotopic (exact) mass is 394 g/mol. The van der Waals surface area contributed by atoms with Crippen LogP contribution in [0.3, 0.4) is 0 Å². The largest absolute Gasteiger partial charge is 0.294 e. The topological polar surface area (TPSA) is 34.9 Å².